The fourth-order valence-corrected chi connectivity index (χ4v) is 8.04. The van der Waals surface area contributed by atoms with Crippen LogP contribution in [0.1, 0.15) is 52.7 Å². The van der Waals surface area contributed by atoms with Crippen LogP contribution in [-0.4, -0.2) is 29.0 Å². The molecule has 1 heterocycles. The highest BCUT2D eigenvalue weighted by Gasteiger charge is 2.24. The Morgan fingerprint density at radius 2 is 1.42 bits per heavy atom. The van der Waals surface area contributed by atoms with Gasteiger partial charge in [0.1, 0.15) is 5.75 Å². The van der Waals surface area contributed by atoms with Crippen LogP contribution in [0.2, 0.25) is 0 Å². The molecule has 0 amide bonds. The molecule has 0 unspecified atom stereocenters. The maximum atomic E-state index is 10.3. The molecule has 0 aliphatic heterocycles. The van der Waals surface area contributed by atoms with Crippen molar-refractivity contribution < 1.29 is 5.11 Å². The zero-order chi connectivity index (χ0) is 20.2. The number of phenols is 1. The molecule has 0 bridgehead atoms. The van der Waals surface area contributed by atoms with Gasteiger partial charge in [0.25, 0.3) is 0 Å². The maximum Gasteiger partial charge on any atom is 0.123 e. The topological polar surface area (TPSA) is 20.2 Å². The van der Waals surface area contributed by atoms with Crippen LogP contribution >= 0.6 is 33.1 Å². The zero-order valence-corrected chi connectivity index (χ0v) is 20.3. The third-order valence-electron chi connectivity index (χ3n) is 4.10. The number of benzene rings is 1. The number of phenolic OH excluding ortho intramolecular Hbond substituents is 1. The molecular weight excluding hydrogens is 376 g/mol. The summed E-state index contributed by atoms with van der Waals surface area (Å²) in [5.74, 6) is 0.456. The second-order valence-corrected chi connectivity index (χ2v) is 15.3. The van der Waals surface area contributed by atoms with Crippen LogP contribution in [0.4, 0.5) is 0 Å². The van der Waals surface area contributed by atoms with Crippen LogP contribution in [-0.2, 0) is 10.8 Å². The molecule has 2 aromatic rings. The van der Waals surface area contributed by atoms with Gasteiger partial charge in [0.15, 0.2) is 0 Å². The van der Waals surface area contributed by atoms with Gasteiger partial charge in [0.05, 0.1) is 0 Å². The van der Waals surface area contributed by atoms with Crippen LogP contribution < -0.4 is 0 Å². The lowest BCUT2D eigenvalue weighted by Gasteiger charge is -2.28. The van der Waals surface area contributed by atoms with Gasteiger partial charge in [-0.1, -0.05) is 65.8 Å². The van der Waals surface area contributed by atoms with E-state index in [0.717, 1.165) is 11.1 Å². The lowest BCUT2D eigenvalue weighted by molar-refractivity contribution is 0.423. The van der Waals surface area contributed by atoms with Gasteiger partial charge in [-0.3, -0.25) is 0 Å². The SMILES string of the molecule is CC(C)(C)c1cccc(C(C)(C)C)c1O.CSCS(C)(C)c1cccs1. The molecule has 0 atom stereocenters. The summed E-state index contributed by atoms with van der Waals surface area (Å²) >= 11 is 3.84. The van der Waals surface area contributed by atoms with Crippen molar-refractivity contribution >= 4 is 33.1 Å². The molecule has 26 heavy (non-hydrogen) atoms. The Morgan fingerprint density at radius 3 is 1.77 bits per heavy atom. The molecule has 0 saturated heterocycles. The Hall–Kier alpha value is -0.580. The Labute approximate surface area is 170 Å². The number of hydrogen-bond donors (Lipinski definition) is 1. The lowest BCUT2D eigenvalue weighted by Crippen LogP contribution is -2.16. The molecule has 0 fully saturated rings. The van der Waals surface area contributed by atoms with Crippen LogP contribution in [0.3, 0.4) is 0 Å². The molecule has 1 aromatic heterocycles. The van der Waals surface area contributed by atoms with E-state index in [1.807, 2.05) is 41.3 Å². The van der Waals surface area contributed by atoms with Crippen molar-refractivity contribution in [3.8, 4) is 5.75 Å². The van der Waals surface area contributed by atoms with Gasteiger partial charge >= 0.3 is 0 Å². The van der Waals surface area contributed by atoms with E-state index in [0.29, 0.717) is 5.75 Å². The first-order valence-electron chi connectivity index (χ1n) is 8.87. The standard InChI is InChI=1S/C14H22O.C8H14S3/c1-13(2,3)10-8-7-9-11(12(10)15)14(4,5)6;1-9-7-11(2,3)8-5-4-6-10-8/h7-9,15H,1-6H3;4-6H,7H2,1-3H3. The fourth-order valence-electron chi connectivity index (χ4n) is 2.68. The minimum atomic E-state index is -0.486. The van der Waals surface area contributed by atoms with E-state index in [9.17, 15) is 5.11 Å². The molecule has 0 spiro atoms. The first-order valence-corrected chi connectivity index (χ1v) is 13.8. The Balaban J connectivity index is 0.000000273. The highest BCUT2D eigenvalue weighted by molar-refractivity contribution is 8.39. The third-order valence-corrected chi connectivity index (χ3v) is 10.9. The molecule has 1 N–H and O–H groups in total. The molecule has 0 saturated carbocycles. The smallest absolute Gasteiger partial charge is 0.123 e. The summed E-state index contributed by atoms with van der Waals surface area (Å²) in [4.78, 5) is 0. The van der Waals surface area contributed by atoms with Crippen molar-refractivity contribution in [2.45, 2.75) is 56.6 Å². The summed E-state index contributed by atoms with van der Waals surface area (Å²) in [6.45, 7) is 12.7. The van der Waals surface area contributed by atoms with E-state index in [1.165, 1.54) is 5.08 Å². The summed E-state index contributed by atoms with van der Waals surface area (Å²) in [5, 5.41) is 13.7. The molecule has 0 radical (unpaired) electrons. The highest BCUT2D eigenvalue weighted by atomic mass is 32.3. The Morgan fingerprint density at radius 1 is 0.923 bits per heavy atom. The number of hydrogen-bond acceptors (Lipinski definition) is 3. The number of rotatable bonds is 3. The van der Waals surface area contributed by atoms with Gasteiger partial charge in [-0.2, -0.15) is 11.8 Å². The predicted octanol–water partition coefficient (Wildman–Crippen LogP) is 7.48. The van der Waals surface area contributed by atoms with E-state index in [2.05, 4.69) is 77.8 Å². The molecule has 1 nitrogen and oxygen atoms in total. The quantitative estimate of drug-likeness (QED) is 0.564. The molecule has 1 aromatic carbocycles. The summed E-state index contributed by atoms with van der Waals surface area (Å²) in [7, 11) is -0.486. The summed E-state index contributed by atoms with van der Waals surface area (Å²) in [6.07, 6.45) is 6.95. The number of para-hydroxylation sites is 1. The molecule has 0 aliphatic rings. The number of aromatic hydroxyl groups is 1. The van der Waals surface area contributed by atoms with Gasteiger partial charge in [0, 0.05) is 9.29 Å². The van der Waals surface area contributed by atoms with Crippen molar-refractivity contribution in [1.29, 1.82) is 0 Å². The molecule has 2 rings (SSSR count). The van der Waals surface area contributed by atoms with Crippen molar-refractivity contribution in [1.82, 2.24) is 0 Å². The third kappa shape index (κ3) is 6.54. The minimum absolute atomic E-state index is 0.00859. The Kier molecular flexibility index (Phi) is 8.19. The van der Waals surface area contributed by atoms with Crippen molar-refractivity contribution in [2.75, 3.05) is 23.9 Å². The second-order valence-electron chi connectivity index (χ2n) is 9.08. The van der Waals surface area contributed by atoms with Crippen LogP contribution in [0.25, 0.3) is 0 Å². The molecule has 0 aliphatic carbocycles. The van der Waals surface area contributed by atoms with E-state index in [1.54, 1.807) is 4.21 Å². The Bertz CT molecular complexity index is 642. The first-order chi connectivity index (χ1) is 11.8. The van der Waals surface area contributed by atoms with E-state index in [-0.39, 0.29) is 10.8 Å². The molecule has 148 valence electrons. The molecular formula is C22H36OS3. The first kappa shape index (κ1) is 23.5. The van der Waals surface area contributed by atoms with E-state index < -0.39 is 10.0 Å². The monoisotopic (exact) mass is 412 g/mol. The maximum absolute atomic E-state index is 10.3. The predicted molar refractivity (Wildman–Crippen MR) is 126 cm³/mol. The number of thioether (sulfide) groups is 1. The number of thiophene rings is 1. The van der Waals surface area contributed by atoms with Crippen LogP contribution in [0.15, 0.2) is 39.9 Å². The van der Waals surface area contributed by atoms with Crippen molar-refractivity contribution in [3.05, 3.63) is 46.8 Å². The van der Waals surface area contributed by atoms with Gasteiger partial charge in [-0.05, 0) is 52.2 Å². The summed E-state index contributed by atoms with van der Waals surface area (Å²) in [5.41, 5.74) is 2.03. The van der Waals surface area contributed by atoms with Crippen molar-refractivity contribution in [2.24, 2.45) is 0 Å². The minimum Gasteiger partial charge on any atom is -0.507 e. The summed E-state index contributed by atoms with van der Waals surface area (Å²) < 4.78 is 1.58. The summed E-state index contributed by atoms with van der Waals surface area (Å²) in [6, 6.07) is 10.4. The van der Waals surface area contributed by atoms with Gasteiger partial charge in [-0.25, -0.2) is 10.0 Å². The largest absolute Gasteiger partial charge is 0.507 e. The zero-order valence-electron chi connectivity index (χ0n) is 17.8. The normalized spacial score (nSPS) is 13.1. The van der Waals surface area contributed by atoms with Crippen LogP contribution in [0.5, 0.6) is 5.75 Å². The average molecular weight is 413 g/mol. The van der Waals surface area contributed by atoms with Gasteiger partial charge < -0.3 is 5.11 Å². The average Bonchev–Trinajstić information content (AvgIpc) is 3.00. The van der Waals surface area contributed by atoms with Crippen molar-refractivity contribution in [3.63, 3.8) is 0 Å². The van der Waals surface area contributed by atoms with Gasteiger partial charge in [-0.15, -0.1) is 11.3 Å². The van der Waals surface area contributed by atoms with Crippen LogP contribution in [0, 0.1) is 0 Å². The fraction of sp³-hybridized carbons (Fsp3) is 0.545. The van der Waals surface area contributed by atoms with E-state index in [4.69, 9.17) is 0 Å². The van der Waals surface area contributed by atoms with E-state index >= 15 is 0 Å². The lowest BCUT2D eigenvalue weighted by atomic mass is 9.80. The van der Waals surface area contributed by atoms with Gasteiger partial charge in [0.2, 0.25) is 0 Å². The molecule has 4 heteroatoms. The highest BCUT2D eigenvalue weighted by Crippen LogP contribution is 2.53. The second kappa shape index (κ2) is 9.07.